The third kappa shape index (κ3) is 2.66. The van der Waals surface area contributed by atoms with E-state index in [1.807, 2.05) is 0 Å². The molecule has 0 spiro atoms. The van der Waals surface area contributed by atoms with Crippen molar-refractivity contribution in [3.8, 4) is 0 Å². The summed E-state index contributed by atoms with van der Waals surface area (Å²) in [6.07, 6.45) is -7.52. The first-order chi connectivity index (χ1) is 10.1. The first-order valence-corrected chi connectivity index (χ1v) is 4.99. The Kier molecular flexibility index (Phi) is 5.02. The molecule has 0 amide bonds. The molecule has 1 N–H and O–H groups in total. The number of rotatable bonds is 6. The van der Waals surface area contributed by atoms with E-state index in [1.165, 1.54) is 0 Å². The average Bonchev–Trinajstić information content (AvgIpc) is 2.35. The van der Waals surface area contributed by atoms with E-state index < -0.39 is 47.3 Å². The Morgan fingerprint density at radius 1 is 0.625 bits per heavy atom. The molecule has 0 saturated heterocycles. The molecule has 0 aromatic heterocycles. The van der Waals surface area contributed by atoms with Gasteiger partial charge in [-0.3, -0.25) is 0 Å². The molecule has 0 aromatic carbocycles. The molecule has 0 heterocycles. The van der Waals surface area contributed by atoms with Gasteiger partial charge in [0.05, 0.1) is 0 Å². The van der Waals surface area contributed by atoms with Crippen molar-refractivity contribution in [1.82, 2.24) is 0 Å². The van der Waals surface area contributed by atoms with Crippen molar-refractivity contribution in [3.05, 3.63) is 12.2 Å². The minimum atomic E-state index is -8.07. The van der Waals surface area contributed by atoms with E-state index in [9.17, 15) is 61.9 Å². The third-order valence-corrected chi connectivity index (χ3v) is 2.57. The SMILES string of the molecule is C=C(C(=O)O)C(F)(F)C(F)(F)C(F)(F)C(F)(F)C(F)(F)C(F)(F)F. The van der Waals surface area contributed by atoms with Gasteiger partial charge in [-0.15, -0.1) is 0 Å². The summed E-state index contributed by atoms with van der Waals surface area (Å²) in [5.41, 5.74) is -3.14. The molecule has 0 radical (unpaired) electrons. The van der Waals surface area contributed by atoms with E-state index in [0.29, 0.717) is 0 Å². The summed E-state index contributed by atoms with van der Waals surface area (Å²) in [4.78, 5) is 10.1. The maximum Gasteiger partial charge on any atom is 0.460 e. The smallest absolute Gasteiger partial charge is 0.460 e. The van der Waals surface area contributed by atoms with E-state index in [-0.39, 0.29) is 0 Å². The van der Waals surface area contributed by atoms with Gasteiger partial charge in [-0.05, 0) is 0 Å². The van der Waals surface area contributed by atoms with Crippen LogP contribution < -0.4 is 0 Å². The Balaban J connectivity index is 6.41. The molecule has 24 heavy (non-hydrogen) atoms. The molecule has 0 bridgehead atoms. The van der Waals surface area contributed by atoms with Crippen LogP contribution in [0.2, 0.25) is 0 Å². The lowest BCUT2D eigenvalue weighted by molar-refractivity contribution is -0.436. The number of carboxylic acids is 1. The summed E-state index contributed by atoms with van der Waals surface area (Å²) in [7, 11) is 0. The summed E-state index contributed by atoms with van der Waals surface area (Å²) in [6.45, 7) is 1.68. The van der Waals surface area contributed by atoms with Gasteiger partial charge in [0.15, 0.2) is 0 Å². The number of carboxylic acid groups (broad SMARTS) is 1. The van der Waals surface area contributed by atoms with Crippen molar-refractivity contribution in [3.63, 3.8) is 0 Å². The fourth-order valence-corrected chi connectivity index (χ4v) is 1.09. The van der Waals surface area contributed by atoms with Gasteiger partial charge < -0.3 is 5.11 Å². The highest BCUT2D eigenvalue weighted by molar-refractivity contribution is 5.88. The van der Waals surface area contributed by atoms with E-state index in [0.717, 1.165) is 0 Å². The largest absolute Gasteiger partial charge is 0.478 e. The summed E-state index contributed by atoms with van der Waals surface area (Å²) in [5, 5.41) is 7.97. The molecular weight excluding hydrogens is 387 g/mol. The standard InChI is InChI=1S/C9H3F13O2/c1-2(3(23)24)4(10,11)5(12,13)6(14,15)7(16,17)8(18,19)9(20,21)22/h1H2,(H,23,24). The maximum atomic E-state index is 13.0. The van der Waals surface area contributed by atoms with E-state index in [1.54, 1.807) is 6.58 Å². The van der Waals surface area contributed by atoms with Crippen LogP contribution in [-0.4, -0.2) is 46.9 Å². The van der Waals surface area contributed by atoms with E-state index in [4.69, 9.17) is 5.11 Å². The molecule has 0 saturated carbocycles. The van der Waals surface area contributed by atoms with Gasteiger partial charge in [-0.1, -0.05) is 6.58 Å². The summed E-state index contributed by atoms with van der Waals surface area (Å²) in [6, 6.07) is 0. The second-order valence-electron chi connectivity index (χ2n) is 4.15. The predicted octanol–water partition coefficient (Wildman–Crippen LogP) is 4.37. The minimum absolute atomic E-state index is 1.68. The van der Waals surface area contributed by atoms with Crippen molar-refractivity contribution in [2.45, 2.75) is 35.8 Å². The zero-order valence-electron chi connectivity index (χ0n) is 10.5. The Labute approximate surface area is 122 Å². The van der Waals surface area contributed by atoms with E-state index in [2.05, 4.69) is 0 Å². The van der Waals surface area contributed by atoms with Crippen LogP contribution in [0.15, 0.2) is 12.2 Å². The van der Waals surface area contributed by atoms with Gasteiger partial charge in [-0.2, -0.15) is 57.1 Å². The second kappa shape index (κ2) is 5.40. The topological polar surface area (TPSA) is 37.3 Å². The zero-order chi connectivity index (χ0) is 20.2. The number of alkyl halides is 13. The van der Waals surface area contributed by atoms with Crippen LogP contribution in [0.1, 0.15) is 0 Å². The van der Waals surface area contributed by atoms with Crippen molar-refractivity contribution < 1.29 is 67.0 Å². The second-order valence-corrected chi connectivity index (χ2v) is 4.15. The number of hydrogen-bond acceptors (Lipinski definition) is 1. The van der Waals surface area contributed by atoms with Gasteiger partial charge in [0.2, 0.25) is 0 Å². The predicted molar refractivity (Wildman–Crippen MR) is 47.6 cm³/mol. The first kappa shape index (κ1) is 22.3. The van der Waals surface area contributed by atoms with Crippen LogP contribution >= 0.6 is 0 Å². The summed E-state index contributed by atoms with van der Waals surface area (Å²) in [5.74, 6) is -41.5. The molecular formula is C9H3F13O2. The highest BCUT2D eigenvalue weighted by atomic mass is 19.4. The summed E-state index contributed by atoms with van der Waals surface area (Å²) >= 11 is 0. The molecule has 0 aliphatic heterocycles. The normalized spacial score (nSPS) is 15.4. The molecule has 0 atom stereocenters. The Hall–Kier alpha value is -1.70. The zero-order valence-corrected chi connectivity index (χ0v) is 10.5. The van der Waals surface area contributed by atoms with Crippen molar-refractivity contribution in [2.75, 3.05) is 0 Å². The number of carbonyl (C=O) groups is 1. The number of hydrogen-bond donors (Lipinski definition) is 1. The van der Waals surface area contributed by atoms with Crippen LogP contribution in [0.5, 0.6) is 0 Å². The van der Waals surface area contributed by atoms with Gasteiger partial charge >= 0.3 is 41.8 Å². The molecule has 0 aromatic rings. The van der Waals surface area contributed by atoms with Crippen LogP contribution in [0, 0.1) is 0 Å². The molecule has 0 aliphatic rings. The van der Waals surface area contributed by atoms with Crippen molar-refractivity contribution in [2.24, 2.45) is 0 Å². The number of halogens is 13. The molecule has 0 fully saturated rings. The van der Waals surface area contributed by atoms with Crippen LogP contribution in [0.4, 0.5) is 57.1 Å². The highest BCUT2D eigenvalue weighted by Crippen LogP contribution is 2.61. The van der Waals surface area contributed by atoms with Gasteiger partial charge in [0.1, 0.15) is 5.57 Å². The quantitative estimate of drug-likeness (QED) is 0.541. The van der Waals surface area contributed by atoms with Gasteiger partial charge in [0.25, 0.3) is 0 Å². The highest BCUT2D eigenvalue weighted by Gasteiger charge is 2.91. The molecule has 0 aliphatic carbocycles. The fourth-order valence-electron chi connectivity index (χ4n) is 1.09. The lowest BCUT2D eigenvalue weighted by atomic mass is 9.91. The van der Waals surface area contributed by atoms with Crippen molar-refractivity contribution in [1.29, 1.82) is 0 Å². The first-order valence-electron chi connectivity index (χ1n) is 4.99. The summed E-state index contributed by atoms with van der Waals surface area (Å²) < 4.78 is 163. The Morgan fingerprint density at radius 2 is 0.917 bits per heavy atom. The van der Waals surface area contributed by atoms with Crippen LogP contribution in [-0.2, 0) is 4.79 Å². The maximum absolute atomic E-state index is 13.0. The van der Waals surface area contributed by atoms with Gasteiger partial charge in [-0.25, -0.2) is 4.79 Å². The molecule has 142 valence electrons. The Bertz CT molecular complexity index is 530. The van der Waals surface area contributed by atoms with Crippen molar-refractivity contribution >= 4 is 5.97 Å². The Morgan fingerprint density at radius 3 is 1.17 bits per heavy atom. The lowest BCUT2D eigenvalue weighted by Gasteiger charge is -2.39. The van der Waals surface area contributed by atoms with Crippen LogP contribution in [0.25, 0.3) is 0 Å². The molecule has 0 rings (SSSR count). The molecule has 2 nitrogen and oxygen atoms in total. The minimum Gasteiger partial charge on any atom is -0.478 e. The monoisotopic (exact) mass is 390 g/mol. The van der Waals surface area contributed by atoms with Gasteiger partial charge in [0, 0.05) is 0 Å². The lowest BCUT2D eigenvalue weighted by Crippen LogP contribution is -2.70. The average molecular weight is 390 g/mol. The van der Waals surface area contributed by atoms with E-state index >= 15 is 0 Å². The molecule has 15 heteroatoms. The molecule has 0 unspecified atom stereocenters. The third-order valence-electron chi connectivity index (χ3n) is 2.57. The number of aliphatic carboxylic acids is 1. The fraction of sp³-hybridized carbons (Fsp3) is 0.667. The van der Waals surface area contributed by atoms with Crippen LogP contribution in [0.3, 0.4) is 0 Å².